The third-order valence-electron chi connectivity index (χ3n) is 12.7. The Kier molecular flexibility index (Phi) is 8.42. The van der Waals surface area contributed by atoms with Crippen LogP contribution in [0.15, 0.2) is 241 Å². The Morgan fingerprint density at radius 2 is 0.919 bits per heavy atom. The molecule has 0 aromatic heterocycles. The van der Waals surface area contributed by atoms with Gasteiger partial charge >= 0.3 is 0 Å². The number of hydrogen-bond donors (Lipinski definition) is 1. The lowest BCUT2D eigenvalue weighted by Gasteiger charge is -2.45. The summed E-state index contributed by atoms with van der Waals surface area (Å²) < 4.78 is 0. The molecule has 1 N–H and O–H groups in total. The highest BCUT2D eigenvalue weighted by atomic mass is 15.2. The molecule has 4 heteroatoms. The van der Waals surface area contributed by atoms with E-state index in [2.05, 4.69) is 229 Å². The summed E-state index contributed by atoms with van der Waals surface area (Å²) in [6, 6.07) is 83.0. The van der Waals surface area contributed by atoms with Crippen LogP contribution in [0.4, 0.5) is 17.1 Å². The Hall–Kier alpha value is -8.08. The molecule has 0 amide bonds. The van der Waals surface area contributed by atoms with Crippen molar-refractivity contribution in [2.45, 2.75) is 11.6 Å². The molecule has 1 atom stereocenters. The standard InChI is InChI=1S/C58H40N4/c1-4-18-39(19-5-1)41-22-16-24-44(36-41)56-59-55(40-20-6-2-7-21-40)60-57(61-56)45-25-17-23-42(37-45)43-34-35-48-47-28-10-11-29-49(47)58(52(48)38-43)50-30-12-14-32-53(50)62(46-26-8-3-9-27-46)54-33-15-13-31-51(54)58/h1-38,57H,(H,59,60,61). The monoisotopic (exact) mass is 792 g/mol. The Bertz CT molecular complexity index is 3180. The summed E-state index contributed by atoms with van der Waals surface area (Å²) in [6.07, 6.45) is -0.357. The lowest BCUT2D eigenvalue weighted by atomic mass is 9.64. The molecule has 2 heterocycles. The third kappa shape index (κ3) is 5.68. The van der Waals surface area contributed by atoms with Gasteiger partial charge in [-0.25, -0.2) is 9.98 Å². The highest BCUT2D eigenvalue weighted by Gasteiger charge is 2.51. The van der Waals surface area contributed by atoms with E-state index in [0.717, 1.165) is 50.5 Å². The Labute approximate surface area is 361 Å². The molecule has 292 valence electrons. The zero-order valence-corrected chi connectivity index (χ0v) is 33.9. The molecule has 3 aliphatic rings. The van der Waals surface area contributed by atoms with Crippen LogP contribution in [-0.4, -0.2) is 11.7 Å². The fourth-order valence-corrected chi connectivity index (χ4v) is 9.99. The molecule has 9 aromatic carbocycles. The van der Waals surface area contributed by atoms with Gasteiger partial charge in [0.25, 0.3) is 0 Å². The average molecular weight is 793 g/mol. The van der Waals surface area contributed by atoms with Gasteiger partial charge in [-0.15, -0.1) is 0 Å². The van der Waals surface area contributed by atoms with Crippen LogP contribution in [-0.2, 0) is 5.41 Å². The smallest absolute Gasteiger partial charge is 0.159 e. The molecule has 1 aliphatic carbocycles. The van der Waals surface area contributed by atoms with Crippen LogP contribution in [0.3, 0.4) is 0 Å². The molecule has 1 spiro atoms. The molecule has 12 rings (SSSR count). The molecular formula is C58H40N4. The summed E-state index contributed by atoms with van der Waals surface area (Å²) in [5.74, 6) is 1.50. The Morgan fingerprint density at radius 3 is 1.65 bits per heavy atom. The first kappa shape index (κ1) is 35.8. The lowest BCUT2D eigenvalue weighted by Crippen LogP contribution is -2.36. The van der Waals surface area contributed by atoms with Crippen molar-refractivity contribution in [2.75, 3.05) is 4.90 Å². The van der Waals surface area contributed by atoms with Gasteiger partial charge in [0.2, 0.25) is 0 Å². The summed E-state index contributed by atoms with van der Waals surface area (Å²) in [5, 5.41) is 3.71. The molecule has 2 aliphatic heterocycles. The lowest BCUT2D eigenvalue weighted by molar-refractivity contribution is 0.674. The van der Waals surface area contributed by atoms with Gasteiger partial charge in [0.1, 0.15) is 12.0 Å². The molecule has 62 heavy (non-hydrogen) atoms. The molecular weight excluding hydrogens is 753 g/mol. The van der Waals surface area contributed by atoms with E-state index in [4.69, 9.17) is 9.98 Å². The van der Waals surface area contributed by atoms with Gasteiger partial charge in [-0.1, -0.05) is 188 Å². The summed E-state index contributed by atoms with van der Waals surface area (Å²) in [4.78, 5) is 12.9. The number of benzene rings is 9. The second kappa shape index (κ2) is 14.6. The Balaban J connectivity index is 0.997. The van der Waals surface area contributed by atoms with Crippen molar-refractivity contribution >= 4 is 28.7 Å². The van der Waals surface area contributed by atoms with E-state index in [9.17, 15) is 0 Å². The largest absolute Gasteiger partial charge is 0.344 e. The van der Waals surface area contributed by atoms with E-state index >= 15 is 0 Å². The number of para-hydroxylation sites is 3. The maximum Gasteiger partial charge on any atom is 0.159 e. The van der Waals surface area contributed by atoms with Crippen LogP contribution in [0, 0.1) is 0 Å². The number of anilines is 3. The number of aliphatic imine (C=N–C) groups is 2. The van der Waals surface area contributed by atoms with Gasteiger partial charge in [-0.3, -0.25) is 0 Å². The summed E-state index contributed by atoms with van der Waals surface area (Å²) in [6.45, 7) is 0. The van der Waals surface area contributed by atoms with Crippen molar-refractivity contribution in [1.29, 1.82) is 0 Å². The van der Waals surface area contributed by atoms with Crippen LogP contribution in [0.1, 0.15) is 45.1 Å². The Morgan fingerprint density at radius 1 is 0.387 bits per heavy atom. The van der Waals surface area contributed by atoms with E-state index in [1.165, 1.54) is 44.8 Å². The van der Waals surface area contributed by atoms with E-state index < -0.39 is 5.41 Å². The number of hydrogen-bond acceptors (Lipinski definition) is 4. The van der Waals surface area contributed by atoms with E-state index in [1.54, 1.807) is 0 Å². The number of nitrogens with zero attached hydrogens (tertiary/aromatic N) is 3. The van der Waals surface area contributed by atoms with Crippen molar-refractivity contribution in [3.8, 4) is 33.4 Å². The van der Waals surface area contributed by atoms with Crippen LogP contribution in [0.5, 0.6) is 0 Å². The second-order valence-electron chi connectivity index (χ2n) is 16.2. The number of amidine groups is 2. The van der Waals surface area contributed by atoms with E-state index in [1.807, 2.05) is 12.1 Å². The van der Waals surface area contributed by atoms with Gasteiger partial charge in [0, 0.05) is 16.8 Å². The molecule has 9 aromatic rings. The zero-order chi connectivity index (χ0) is 41.0. The van der Waals surface area contributed by atoms with Crippen LogP contribution >= 0.6 is 0 Å². The zero-order valence-electron chi connectivity index (χ0n) is 33.9. The fraction of sp³-hybridized carbons (Fsp3) is 0.0345. The van der Waals surface area contributed by atoms with Crippen molar-refractivity contribution in [3.05, 3.63) is 269 Å². The SMILES string of the molecule is c1ccc(C2=NC(c3cccc(-c4ccccc4)c3)=NC(c3cccc(-c4ccc5c(c4)C4(c6ccccc6-5)c5ccccc5N(c5ccccc5)c5ccccc54)c3)N2)cc1. The van der Waals surface area contributed by atoms with Crippen LogP contribution < -0.4 is 10.2 Å². The normalized spacial score (nSPS) is 15.4. The molecule has 4 nitrogen and oxygen atoms in total. The summed E-state index contributed by atoms with van der Waals surface area (Å²) in [5.41, 5.74) is 18.3. The minimum absolute atomic E-state index is 0.357. The summed E-state index contributed by atoms with van der Waals surface area (Å²) in [7, 11) is 0. The number of fused-ring (bicyclic) bond motifs is 9. The second-order valence-corrected chi connectivity index (χ2v) is 16.2. The highest BCUT2D eigenvalue weighted by molar-refractivity contribution is 6.13. The molecule has 1 unspecified atom stereocenters. The van der Waals surface area contributed by atoms with Gasteiger partial charge in [0.15, 0.2) is 5.84 Å². The minimum Gasteiger partial charge on any atom is -0.344 e. The fourth-order valence-electron chi connectivity index (χ4n) is 9.99. The predicted molar refractivity (Wildman–Crippen MR) is 255 cm³/mol. The quantitative estimate of drug-likeness (QED) is 0.182. The first-order chi connectivity index (χ1) is 30.7. The number of rotatable bonds is 6. The van der Waals surface area contributed by atoms with Crippen molar-refractivity contribution < 1.29 is 0 Å². The highest BCUT2D eigenvalue weighted by Crippen LogP contribution is 2.63. The van der Waals surface area contributed by atoms with E-state index in [-0.39, 0.29) is 6.17 Å². The molecule has 0 bridgehead atoms. The number of nitrogens with one attached hydrogen (secondary N) is 1. The van der Waals surface area contributed by atoms with Crippen LogP contribution in [0.25, 0.3) is 33.4 Å². The van der Waals surface area contributed by atoms with E-state index in [0.29, 0.717) is 5.84 Å². The maximum atomic E-state index is 5.32. The first-order valence-corrected chi connectivity index (χ1v) is 21.3. The van der Waals surface area contributed by atoms with Crippen molar-refractivity contribution in [1.82, 2.24) is 5.32 Å². The average Bonchev–Trinajstić information content (AvgIpc) is 3.65. The molecule has 0 saturated heterocycles. The summed E-state index contributed by atoms with van der Waals surface area (Å²) >= 11 is 0. The minimum atomic E-state index is -0.530. The van der Waals surface area contributed by atoms with Gasteiger partial charge in [-0.05, 0) is 104 Å². The molecule has 0 fully saturated rings. The van der Waals surface area contributed by atoms with Crippen LogP contribution in [0.2, 0.25) is 0 Å². The topological polar surface area (TPSA) is 40.0 Å². The molecule has 0 saturated carbocycles. The van der Waals surface area contributed by atoms with Crippen molar-refractivity contribution in [2.24, 2.45) is 9.98 Å². The predicted octanol–water partition coefficient (Wildman–Crippen LogP) is 13.7. The first-order valence-electron chi connectivity index (χ1n) is 21.3. The molecule has 0 radical (unpaired) electrons. The van der Waals surface area contributed by atoms with Gasteiger partial charge in [-0.2, -0.15) is 0 Å². The maximum absolute atomic E-state index is 5.32. The van der Waals surface area contributed by atoms with Gasteiger partial charge in [0.05, 0.1) is 16.8 Å². The van der Waals surface area contributed by atoms with Gasteiger partial charge < -0.3 is 10.2 Å². The third-order valence-corrected chi connectivity index (χ3v) is 12.7. The van der Waals surface area contributed by atoms with Crippen molar-refractivity contribution in [3.63, 3.8) is 0 Å².